The van der Waals surface area contributed by atoms with E-state index in [1.807, 2.05) is 6.92 Å². The molecule has 13 heavy (non-hydrogen) atoms. The molecule has 0 amide bonds. The third-order valence-corrected chi connectivity index (χ3v) is 1.89. The van der Waals surface area contributed by atoms with Crippen molar-refractivity contribution in [2.75, 3.05) is 13.2 Å². The number of nitrogens with two attached hydrogens (primary N) is 1. The van der Waals surface area contributed by atoms with Crippen LogP contribution in [-0.4, -0.2) is 19.1 Å². The quantitative estimate of drug-likeness (QED) is 0.466. The van der Waals surface area contributed by atoms with Gasteiger partial charge in [-0.25, -0.2) is 0 Å². The van der Waals surface area contributed by atoms with E-state index in [0.29, 0.717) is 13.0 Å². The summed E-state index contributed by atoms with van der Waals surface area (Å²) in [5.74, 6) is -0.0682. The molecule has 0 aliphatic heterocycles. The van der Waals surface area contributed by atoms with Gasteiger partial charge >= 0.3 is 5.97 Å². The standard InChI is InChI=1S/C10H21NO2/c1-2-13-10(12)8-6-4-3-5-7-9-11/h2-9,11H2,1H3. The number of rotatable bonds is 8. The minimum absolute atomic E-state index is 0.0682. The van der Waals surface area contributed by atoms with Crippen molar-refractivity contribution in [1.82, 2.24) is 0 Å². The minimum Gasteiger partial charge on any atom is -0.466 e. The van der Waals surface area contributed by atoms with Crippen molar-refractivity contribution in [2.24, 2.45) is 5.73 Å². The number of carbonyl (C=O) groups is 1. The van der Waals surface area contributed by atoms with Crippen LogP contribution in [0.25, 0.3) is 0 Å². The summed E-state index contributed by atoms with van der Waals surface area (Å²) < 4.78 is 4.81. The summed E-state index contributed by atoms with van der Waals surface area (Å²) in [5.41, 5.74) is 5.36. The zero-order valence-electron chi connectivity index (χ0n) is 8.55. The predicted octanol–water partition coefficient (Wildman–Crippen LogP) is 1.85. The molecule has 0 spiro atoms. The Morgan fingerprint density at radius 3 is 2.38 bits per heavy atom. The number of hydrogen-bond donors (Lipinski definition) is 1. The van der Waals surface area contributed by atoms with Gasteiger partial charge in [0.1, 0.15) is 0 Å². The first-order valence-electron chi connectivity index (χ1n) is 5.17. The summed E-state index contributed by atoms with van der Waals surface area (Å²) in [4.78, 5) is 10.9. The van der Waals surface area contributed by atoms with Gasteiger partial charge in [-0.2, -0.15) is 0 Å². The van der Waals surface area contributed by atoms with Gasteiger partial charge in [0.05, 0.1) is 6.61 Å². The second-order valence-electron chi connectivity index (χ2n) is 3.11. The summed E-state index contributed by atoms with van der Waals surface area (Å²) in [7, 11) is 0. The lowest BCUT2D eigenvalue weighted by molar-refractivity contribution is -0.143. The maximum absolute atomic E-state index is 10.9. The van der Waals surface area contributed by atoms with Crippen molar-refractivity contribution in [3.05, 3.63) is 0 Å². The Labute approximate surface area is 80.6 Å². The van der Waals surface area contributed by atoms with E-state index >= 15 is 0 Å². The van der Waals surface area contributed by atoms with E-state index in [-0.39, 0.29) is 5.97 Å². The predicted molar refractivity (Wildman–Crippen MR) is 53.4 cm³/mol. The largest absolute Gasteiger partial charge is 0.466 e. The smallest absolute Gasteiger partial charge is 0.305 e. The lowest BCUT2D eigenvalue weighted by atomic mass is 10.1. The van der Waals surface area contributed by atoms with Crippen LogP contribution >= 0.6 is 0 Å². The van der Waals surface area contributed by atoms with Gasteiger partial charge < -0.3 is 10.5 Å². The Morgan fingerprint density at radius 2 is 1.77 bits per heavy atom. The highest BCUT2D eigenvalue weighted by atomic mass is 16.5. The van der Waals surface area contributed by atoms with Crippen LogP contribution in [0.3, 0.4) is 0 Å². The summed E-state index contributed by atoms with van der Waals surface area (Å²) in [6.07, 6.45) is 6.08. The Balaban J connectivity index is 3.02. The highest BCUT2D eigenvalue weighted by Gasteiger charge is 1.99. The van der Waals surface area contributed by atoms with E-state index in [1.54, 1.807) is 0 Å². The number of esters is 1. The molecule has 0 heterocycles. The Morgan fingerprint density at radius 1 is 1.15 bits per heavy atom. The van der Waals surface area contributed by atoms with Crippen LogP contribution < -0.4 is 5.73 Å². The molecule has 0 saturated heterocycles. The first-order valence-corrected chi connectivity index (χ1v) is 5.17. The van der Waals surface area contributed by atoms with Crippen molar-refractivity contribution in [1.29, 1.82) is 0 Å². The second kappa shape index (κ2) is 9.52. The van der Waals surface area contributed by atoms with Crippen LogP contribution in [0.4, 0.5) is 0 Å². The maximum Gasteiger partial charge on any atom is 0.305 e. The van der Waals surface area contributed by atoms with E-state index in [2.05, 4.69) is 0 Å². The van der Waals surface area contributed by atoms with Crippen LogP contribution in [0, 0.1) is 0 Å². The highest BCUT2D eigenvalue weighted by molar-refractivity contribution is 5.69. The Bertz CT molecular complexity index is 126. The van der Waals surface area contributed by atoms with E-state index in [9.17, 15) is 4.79 Å². The van der Waals surface area contributed by atoms with E-state index in [1.165, 1.54) is 12.8 Å². The fourth-order valence-corrected chi connectivity index (χ4v) is 1.18. The van der Waals surface area contributed by atoms with Gasteiger partial charge in [0, 0.05) is 6.42 Å². The van der Waals surface area contributed by atoms with Gasteiger partial charge in [0.15, 0.2) is 0 Å². The van der Waals surface area contributed by atoms with Gasteiger partial charge in [-0.1, -0.05) is 19.3 Å². The van der Waals surface area contributed by atoms with Crippen molar-refractivity contribution >= 4 is 5.97 Å². The molecule has 0 aromatic carbocycles. The van der Waals surface area contributed by atoms with Crippen LogP contribution in [0.2, 0.25) is 0 Å². The van der Waals surface area contributed by atoms with Gasteiger partial charge in [-0.15, -0.1) is 0 Å². The molecule has 2 N–H and O–H groups in total. The molecule has 0 aromatic rings. The van der Waals surface area contributed by atoms with Crippen LogP contribution in [0.15, 0.2) is 0 Å². The van der Waals surface area contributed by atoms with E-state index in [0.717, 1.165) is 25.8 Å². The van der Waals surface area contributed by atoms with Crippen LogP contribution in [0.5, 0.6) is 0 Å². The topological polar surface area (TPSA) is 52.3 Å². The van der Waals surface area contributed by atoms with Gasteiger partial charge in [-0.05, 0) is 26.3 Å². The van der Waals surface area contributed by atoms with E-state index < -0.39 is 0 Å². The Kier molecular flexibility index (Phi) is 9.10. The number of hydrogen-bond acceptors (Lipinski definition) is 3. The zero-order chi connectivity index (χ0) is 9.94. The molecule has 0 aromatic heterocycles. The van der Waals surface area contributed by atoms with Crippen molar-refractivity contribution in [3.63, 3.8) is 0 Å². The molecule has 0 bridgehead atoms. The molecular weight excluding hydrogens is 166 g/mol. The maximum atomic E-state index is 10.9. The summed E-state index contributed by atoms with van der Waals surface area (Å²) >= 11 is 0. The fourth-order valence-electron chi connectivity index (χ4n) is 1.18. The van der Waals surface area contributed by atoms with E-state index in [4.69, 9.17) is 10.5 Å². The molecule has 0 saturated carbocycles. The highest BCUT2D eigenvalue weighted by Crippen LogP contribution is 2.05. The van der Waals surface area contributed by atoms with Gasteiger partial charge in [-0.3, -0.25) is 4.79 Å². The average molecular weight is 187 g/mol. The molecule has 0 rings (SSSR count). The molecule has 3 heteroatoms. The van der Waals surface area contributed by atoms with Crippen molar-refractivity contribution in [3.8, 4) is 0 Å². The number of carbonyl (C=O) groups excluding carboxylic acids is 1. The van der Waals surface area contributed by atoms with Gasteiger partial charge in [0.2, 0.25) is 0 Å². The molecule has 0 atom stereocenters. The normalized spacial score (nSPS) is 10.0. The first kappa shape index (κ1) is 12.4. The van der Waals surface area contributed by atoms with Crippen LogP contribution in [0.1, 0.15) is 45.4 Å². The molecule has 0 unspecified atom stereocenters. The monoisotopic (exact) mass is 187 g/mol. The lowest BCUT2D eigenvalue weighted by Gasteiger charge is -2.01. The summed E-state index contributed by atoms with van der Waals surface area (Å²) in [6.45, 7) is 3.10. The number of ether oxygens (including phenoxy) is 1. The molecule has 3 nitrogen and oxygen atoms in total. The summed E-state index contributed by atoms with van der Waals surface area (Å²) in [6, 6.07) is 0. The minimum atomic E-state index is -0.0682. The zero-order valence-corrected chi connectivity index (χ0v) is 8.55. The number of unbranched alkanes of at least 4 members (excludes halogenated alkanes) is 4. The lowest BCUT2D eigenvalue weighted by Crippen LogP contribution is -2.03. The molecule has 0 aliphatic rings. The molecule has 78 valence electrons. The Hall–Kier alpha value is -0.570. The summed E-state index contributed by atoms with van der Waals surface area (Å²) in [5, 5.41) is 0. The molecular formula is C10H21NO2. The second-order valence-corrected chi connectivity index (χ2v) is 3.11. The first-order chi connectivity index (χ1) is 6.31. The average Bonchev–Trinajstić information content (AvgIpc) is 2.11. The molecule has 0 fully saturated rings. The van der Waals surface area contributed by atoms with Crippen molar-refractivity contribution < 1.29 is 9.53 Å². The SMILES string of the molecule is CCOC(=O)CCCCCCCN. The molecule has 0 aliphatic carbocycles. The third-order valence-electron chi connectivity index (χ3n) is 1.89. The van der Waals surface area contributed by atoms with Gasteiger partial charge in [0.25, 0.3) is 0 Å². The molecule has 0 radical (unpaired) electrons. The fraction of sp³-hybridized carbons (Fsp3) is 0.900. The van der Waals surface area contributed by atoms with Crippen molar-refractivity contribution in [2.45, 2.75) is 45.4 Å². The third kappa shape index (κ3) is 9.34. The van der Waals surface area contributed by atoms with Crippen LogP contribution in [-0.2, 0) is 9.53 Å².